The number of rotatable bonds is 3. The molecule has 1 aliphatic carbocycles. The van der Waals surface area contributed by atoms with Crippen LogP contribution in [0.5, 0.6) is 0 Å². The molecule has 1 fully saturated rings. The third kappa shape index (κ3) is 2.67. The Hall–Kier alpha value is -0.760. The molecule has 1 aliphatic rings. The van der Waals surface area contributed by atoms with Crippen molar-refractivity contribution in [3.05, 3.63) is 24.2 Å². The van der Waals surface area contributed by atoms with Crippen molar-refractivity contribution in [2.45, 2.75) is 51.6 Å². The topological polar surface area (TPSA) is 33.4 Å². The van der Waals surface area contributed by atoms with E-state index in [0.717, 1.165) is 43.3 Å². The summed E-state index contributed by atoms with van der Waals surface area (Å²) in [7, 11) is 0. The molecule has 1 aromatic rings. The van der Waals surface area contributed by atoms with E-state index >= 15 is 0 Å². The Labute approximate surface area is 97.7 Å². The van der Waals surface area contributed by atoms with E-state index in [1.807, 2.05) is 12.1 Å². The van der Waals surface area contributed by atoms with Gasteiger partial charge in [0.15, 0.2) is 0 Å². The maximum atomic E-state index is 10.5. The van der Waals surface area contributed by atoms with Crippen molar-refractivity contribution in [1.82, 2.24) is 0 Å². The van der Waals surface area contributed by atoms with Crippen molar-refractivity contribution in [3.8, 4) is 0 Å². The molecule has 16 heavy (non-hydrogen) atoms. The lowest BCUT2D eigenvalue weighted by atomic mass is 9.73. The lowest BCUT2D eigenvalue weighted by Crippen LogP contribution is -2.37. The summed E-state index contributed by atoms with van der Waals surface area (Å²) in [5.74, 6) is 2.44. The Morgan fingerprint density at radius 2 is 2.12 bits per heavy atom. The molecule has 0 bridgehead atoms. The second kappa shape index (κ2) is 4.62. The van der Waals surface area contributed by atoms with Gasteiger partial charge in [-0.05, 0) is 49.7 Å². The molecular weight excluding hydrogens is 200 g/mol. The predicted molar refractivity (Wildman–Crippen MR) is 64.2 cm³/mol. The van der Waals surface area contributed by atoms with Crippen LogP contribution in [0.15, 0.2) is 22.8 Å². The maximum Gasteiger partial charge on any atom is 0.106 e. The van der Waals surface area contributed by atoms with Crippen molar-refractivity contribution in [2.24, 2.45) is 11.8 Å². The highest BCUT2D eigenvalue weighted by Gasteiger charge is 2.34. The van der Waals surface area contributed by atoms with E-state index in [0.29, 0.717) is 6.42 Å². The van der Waals surface area contributed by atoms with Gasteiger partial charge in [-0.2, -0.15) is 0 Å². The van der Waals surface area contributed by atoms with Gasteiger partial charge in [0.2, 0.25) is 0 Å². The van der Waals surface area contributed by atoms with Crippen molar-refractivity contribution < 1.29 is 9.52 Å². The van der Waals surface area contributed by atoms with E-state index < -0.39 is 5.60 Å². The summed E-state index contributed by atoms with van der Waals surface area (Å²) in [6, 6.07) is 3.84. The van der Waals surface area contributed by atoms with Crippen LogP contribution >= 0.6 is 0 Å². The summed E-state index contributed by atoms with van der Waals surface area (Å²) >= 11 is 0. The first kappa shape index (κ1) is 11.7. The van der Waals surface area contributed by atoms with Crippen LogP contribution in [0.4, 0.5) is 0 Å². The van der Waals surface area contributed by atoms with Crippen molar-refractivity contribution in [2.75, 3.05) is 0 Å². The number of furan rings is 1. The molecule has 1 heterocycles. The monoisotopic (exact) mass is 222 g/mol. The summed E-state index contributed by atoms with van der Waals surface area (Å²) in [6.07, 6.45) is 6.47. The molecule has 0 aliphatic heterocycles. The Bertz CT molecular complexity index is 305. The zero-order valence-electron chi connectivity index (χ0n) is 10.3. The van der Waals surface area contributed by atoms with Crippen molar-refractivity contribution in [3.63, 3.8) is 0 Å². The molecule has 1 N–H and O–H groups in total. The van der Waals surface area contributed by atoms with E-state index in [4.69, 9.17) is 4.42 Å². The van der Waals surface area contributed by atoms with E-state index in [2.05, 4.69) is 13.8 Å². The van der Waals surface area contributed by atoms with Crippen LogP contribution in [0, 0.1) is 11.8 Å². The fourth-order valence-corrected chi connectivity index (χ4v) is 2.76. The molecule has 0 saturated heterocycles. The molecule has 0 aromatic carbocycles. The third-order valence-electron chi connectivity index (χ3n) is 3.99. The van der Waals surface area contributed by atoms with Gasteiger partial charge in [-0.1, -0.05) is 13.8 Å². The summed E-state index contributed by atoms with van der Waals surface area (Å²) in [6.45, 7) is 4.56. The average Bonchev–Trinajstić information content (AvgIpc) is 2.70. The van der Waals surface area contributed by atoms with E-state index in [-0.39, 0.29) is 0 Å². The van der Waals surface area contributed by atoms with Crippen LogP contribution in [0.25, 0.3) is 0 Å². The molecular formula is C14H22O2. The molecule has 0 radical (unpaired) electrons. The normalized spacial score (nSPS) is 30.9. The van der Waals surface area contributed by atoms with Crippen LogP contribution < -0.4 is 0 Å². The predicted octanol–water partition coefficient (Wildman–Crippen LogP) is 3.40. The molecule has 0 atom stereocenters. The Morgan fingerprint density at radius 3 is 2.62 bits per heavy atom. The Kier molecular flexibility index (Phi) is 3.38. The van der Waals surface area contributed by atoms with E-state index in [1.54, 1.807) is 6.26 Å². The van der Waals surface area contributed by atoms with Gasteiger partial charge in [0, 0.05) is 6.42 Å². The molecule has 0 amide bonds. The number of hydrogen-bond donors (Lipinski definition) is 1. The second-order valence-corrected chi connectivity index (χ2v) is 5.56. The van der Waals surface area contributed by atoms with Crippen LogP contribution in [0.3, 0.4) is 0 Å². The van der Waals surface area contributed by atoms with Gasteiger partial charge in [0.05, 0.1) is 11.9 Å². The quantitative estimate of drug-likeness (QED) is 0.850. The van der Waals surface area contributed by atoms with Crippen molar-refractivity contribution >= 4 is 0 Å². The van der Waals surface area contributed by atoms with E-state index in [9.17, 15) is 5.11 Å². The standard InChI is InChI=1S/C14H22O2/c1-11(2)12-5-7-14(15,8-6-12)10-13-4-3-9-16-13/h3-4,9,11-12,15H,5-8,10H2,1-2H3. The summed E-state index contributed by atoms with van der Waals surface area (Å²) < 4.78 is 5.32. The average molecular weight is 222 g/mol. The van der Waals surface area contributed by atoms with Gasteiger partial charge in [0.25, 0.3) is 0 Å². The van der Waals surface area contributed by atoms with E-state index in [1.165, 1.54) is 0 Å². The summed E-state index contributed by atoms with van der Waals surface area (Å²) in [4.78, 5) is 0. The molecule has 0 unspecified atom stereocenters. The van der Waals surface area contributed by atoms with Gasteiger partial charge in [-0.25, -0.2) is 0 Å². The SMILES string of the molecule is CC(C)C1CCC(O)(Cc2ccco2)CC1. The number of aliphatic hydroxyl groups is 1. The van der Waals surface area contributed by atoms with Gasteiger partial charge < -0.3 is 9.52 Å². The minimum absolute atomic E-state index is 0.525. The lowest BCUT2D eigenvalue weighted by molar-refractivity contribution is -0.0182. The maximum absolute atomic E-state index is 10.5. The zero-order chi connectivity index (χ0) is 11.6. The smallest absolute Gasteiger partial charge is 0.106 e. The summed E-state index contributed by atoms with van der Waals surface area (Å²) in [5, 5.41) is 10.5. The molecule has 0 spiro atoms. The minimum atomic E-state index is -0.525. The van der Waals surface area contributed by atoms with Crippen LogP contribution in [0.1, 0.15) is 45.3 Å². The minimum Gasteiger partial charge on any atom is -0.469 e. The first-order chi connectivity index (χ1) is 7.59. The largest absolute Gasteiger partial charge is 0.469 e. The first-order valence-electron chi connectivity index (χ1n) is 6.34. The molecule has 1 saturated carbocycles. The van der Waals surface area contributed by atoms with Crippen LogP contribution in [-0.2, 0) is 6.42 Å². The molecule has 1 aromatic heterocycles. The Morgan fingerprint density at radius 1 is 1.44 bits per heavy atom. The zero-order valence-corrected chi connectivity index (χ0v) is 10.3. The second-order valence-electron chi connectivity index (χ2n) is 5.56. The Balaban J connectivity index is 1.91. The third-order valence-corrected chi connectivity index (χ3v) is 3.99. The number of hydrogen-bond acceptors (Lipinski definition) is 2. The summed E-state index contributed by atoms with van der Waals surface area (Å²) in [5.41, 5.74) is -0.525. The highest BCUT2D eigenvalue weighted by molar-refractivity contribution is 5.04. The fraction of sp³-hybridized carbons (Fsp3) is 0.714. The van der Waals surface area contributed by atoms with Crippen LogP contribution in [-0.4, -0.2) is 10.7 Å². The highest BCUT2D eigenvalue weighted by atomic mass is 16.3. The van der Waals surface area contributed by atoms with Crippen LogP contribution in [0.2, 0.25) is 0 Å². The highest BCUT2D eigenvalue weighted by Crippen LogP contribution is 2.37. The van der Waals surface area contributed by atoms with Crippen molar-refractivity contribution in [1.29, 1.82) is 0 Å². The van der Waals surface area contributed by atoms with Gasteiger partial charge in [0.1, 0.15) is 5.76 Å². The van der Waals surface area contributed by atoms with Gasteiger partial charge in [-0.3, -0.25) is 0 Å². The first-order valence-corrected chi connectivity index (χ1v) is 6.34. The molecule has 2 nitrogen and oxygen atoms in total. The van der Waals surface area contributed by atoms with Gasteiger partial charge >= 0.3 is 0 Å². The molecule has 90 valence electrons. The fourth-order valence-electron chi connectivity index (χ4n) is 2.76. The molecule has 2 heteroatoms. The lowest BCUT2D eigenvalue weighted by Gasteiger charge is -2.37. The molecule has 2 rings (SSSR count). The van der Waals surface area contributed by atoms with Gasteiger partial charge in [-0.15, -0.1) is 0 Å².